The minimum atomic E-state index is 0.446. The van der Waals surface area contributed by atoms with E-state index in [0.29, 0.717) is 18.5 Å². The average molecular weight is 446 g/mol. The number of aliphatic imine (C=N–C) groups is 1. The molecule has 0 atom stereocenters. The third-order valence-corrected chi connectivity index (χ3v) is 5.47. The topological polar surface area (TPSA) is 61.8 Å². The molecule has 1 aromatic carbocycles. The molecule has 0 bridgehead atoms. The number of guanidine groups is 1. The fourth-order valence-electron chi connectivity index (χ4n) is 3.29. The van der Waals surface area contributed by atoms with E-state index in [4.69, 9.17) is 4.74 Å². The van der Waals surface area contributed by atoms with Crippen LogP contribution in [-0.4, -0.2) is 49.1 Å². The monoisotopic (exact) mass is 445 g/mol. The molecule has 2 heterocycles. The molecule has 6 nitrogen and oxygen atoms in total. The molecule has 2 aromatic rings. The van der Waals surface area contributed by atoms with Gasteiger partial charge in [0.1, 0.15) is 0 Å². The molecule has 0 amide bonds. The molecule has 1 aliphatic rings. The Labute approximate surface area is 175 Å². The fourth-order valence-corrected chi connectivity index (χ4v) is 3.56. The van der Waals surface area contributed by atoms with Gasteiger partial charge in [0.15, 0.2) is 5.96 Å². The van der Waals surface area contributed by atoms with Gasteiger partial charge in [-0.3, -0.25) is 9.89 Å². The number of piperidine rings is 1. The van der Waals surface area contributed by atoms with Crippen molar-refractivity contribution >= 4 is 21.9 Å². The van der Waals surface area contributed by atoms with Gasteiger partial charge in [-0.15, -0.1) is 0 Å². The van der Waals surface area contributed by atoms with E-state index in [9.17, 15) is 0 Å². The molecular weight excluding hydrogens is 418 g/mol. The van der Waals surface area contributed by atoms with E-state index in [2.05, 4.69) is 65.7 Å². The van der Waals surface area contributed by atoms with Crippen molar-refractivity contribution in [3.63, 3.8) is 0 Å². The third kappa shape index (κ3) is 6.21. The van der Waals surface area contributed by atoms with Crippen LogP contribution >= 0.6 is 15.9 Å². The zero-order valence-corrected chi connectivity index (χ0v) is 18.1. The summed E-state index contributed by atoms with van der Waals surface area (Å²) in [7, 11) is 3.43. The first-order valence-electron chi connectivity index (χ1n) is 9.59. The van der Waals surface area contributed by atoms with Crippen LogP contribution in [0.3, 0.4) is 0 Å². The van der Waals surface area contributed by atoms with Gasteiger partial charge < -0.3 is 15.4 Å². The highest BCUT2D eigenvalue weighted by Crippen LogP contribution is 2.16. The number of nitrogens with one attached hydrogen (secondary N) is 2. The summed E-state index contributed by atoms with van der Waals surface area (Å²) in [4.78, 5) is 11.1. The number of methoxy groups -OCH3 is 1. The molecule has 1 aromatic heterocycles. The van der Waals surface area contributed by atoms with Crippen LogP contribution in [0, 0.1) is 0 Å². The quantitative estimate of drug-likeness (QED) is 0.527. The van der Waals surface area contributed by atoms with Crippen LogP contribution < -0.4 is 15.4 Å². The summed E-state index contributed by atoms with van der Waals surface area (Å²) >= 11 is 3.49. The number of benzene rings is 1. The molecular formula is C21H28BrN5O. The standard InChI is InChI=1S/C21H28BrN5O/c1-23-21(25-14-17-5-8-20(28-2)24-13-17)26-19-9-11-27(12-10-19)15-16-3-6-18(22)7-4-16/h3-8,13,19H,9-12,14-15H2,1-2H3,(H2,23,25,26). The van der Waals surface area contributed by atoms with Gasteiger partial charge in [0.25, 0.3) is 0 Å². The maximum Gasteiger partial charge on any atom is 0.212 e. The van der Waals surface area contributed by atoms with E-state index in [1.807, 2.05) is 25.4 Å². The van der Waals surface area contributed by atoms with E-state index in [0.717, 1.165) is 48.5 Å². The molecule has 0 aliphatic carbocycles. The van der Waals surface area contributed by atoms with Crippen LogP contribution in [0.15, 0.2) is 52.1 Å². The molecule has 28 heavy (non-hydrogen) atoms. The summed E-state index contributed by atoms with van der Waals surface area (Å²) in [6.45, 7) is 3.87. The number of pyridine rings is 1. The third-order valence-electron chi connectivity index (χ3n) is 4.94. The number of likely N-dealkylation sites (tertiary alicyclic amines) is 1. The lowest BCUT2D eigenvalue weighted by Crippen LogP contribution is -2.48. The molecule has 1 aliphatic heterocycles. The number of halogens is 1. The lowest BCUT2D eigenvalue weighted by molar-refractivity contribution is 0.198. The van der Waals surface area contributed by atoms with Crippen molar-refractivity contribution in [3.05, 3.63) is 58.2 Å². The minimum absolute atomic E-state index is 0.446. The van der Waals surface area contributed by atoms with Gasteiger partial charge >= 0.3 is 0 Å². The summed E-state index contributed by atoms with van der Waals surface area (Å²) in [5.74, 6) is 1.46. The Hall–Kier alpha value is -2.12. The second kappa shape index (κ2) is 10.4. The highest BCUT2D eigenvalue weighted by Gasteiger charge is 2.20. The van der Waals surface area contributed by atoms with E-state index in [-0.39, 0.29) is 0 Å². The molecule has 7 heteroatoms. The molecule has 3 rings (SSSR count). The first kappa shape index (κ1) is 20.6. The van der Waals surface area contributed by atoms with E-state index >= 15 is 0 Å². The van der Waals surface area contributed by atoms with E-state index in [1.165, 1.54) is 5.56 Å². The van der Waals surface area contributed by atoms with Gasteiger partial charge in [0.2, 0.25) is 5.88 Å². The Morgan fingerprint density at radius 3 is 2.50 bits per heavy atom. The smallest absolute Gasteiger partial charge is 0.212 e. The normalized spacial score (nSPS) is 16.0. The SMILES string of the molecule is CN=C(NCc1ccc(OC)nc1)NC1CCN(Cc2ccc(Br)cc2)CC1. The van der Waals surface area contributed by atoms with E-state index in [1.54, 1.807) is 7.11 Å². The molecule has 2 N–H and O–H groups in total. The molecule has 0 radical (unpaired) electrons. The Balaban J connectivity index is 1.41. The second-order valence-electron chi connectivity index (χ2n) is 6.96. The number of hydrogen-bond donors (Lipinski definition) is 2. The van der Waals surface area contributed by atoms with Gasteiger partial charge in [-0.25, -0.2) is 4.98 Å². The highest BCUT2D eigenvalue weighted by molar-refractivity contribution is 9.10. The Morgan fingerprint density at radius 1 is 1.18 bits per heavy atom. The second-order valence-corrected chi connectivity index (χ2v) is 7.87. The molecule has 1 saturated heterocycles. The Kier molecular flexibility index (Phi) is 7.68. The van der Waals surface area contributed by atoms with Crippen molar-refractivity contribution < 1.29 is 4.74 Å². The summed E-state index contributed by atoms with van der Waals surface area (Å²) < 4.78 is 6.22. The maximum absolute atomic E-state index is 5.09. The van der Waals surface area contributed by atoms with Crippen LogP contribution in [0.5, 0.6) is 5.88 Å². The largest absolute Gasteiger partial charge is 0.481 e. The molecule has 150 valence electrons. The summed E-state index contributed by atoms with van der Waals surface area (Å²) in [6, 6.07) is 12.9. The Bertz CT molecular complexity index is 755. The number of ether oxygens (including phenoxy) is 1. The van der Waals surface area contributed by atoms with Crippen LogP contribution in [-0.2, 0) is 13.1 Å². The van der Waals surface area contributed by atoms with Crippen molar-refractivity contribution in [2.24, 2.45) is 4.99 Å². The maximum atomic E-state index is 5.09. The average Bonchev–Trinajstić information content (AvgIpc) is 2.74. The zero-order valence-electron chi connectivity index (χ0n) is 16.5. The van der Waals surface area contributed by atoms with Gasteiger partial charge in [0, 0.05) is 56.0 Å². The van der Waals surface area contributed by atoms with Crippen LogP contribution in [0.1, 0.15) is 24.0 Å². The Morgan fingerprint density at radius 2 is 1.89 bits per heavy atom. The predicted molar refractivity (Wildman–Crippen MR) is 117 cm³/mol. The lowest BCUT2D eigenvalue weighted by atomic mass is 10.0. The van der Waals surface area contributed by atoms with Crippen LogP contribution in [0.2, 0.25) is 0 Å². The minimum Gasteiger partial charge on any atom is -0.481 e. The zero-order chi connectivity index (χ0) is 19.8. The highest BCUT2D eigenvalue weighted by atomic mass is 79.9. The molecule has 1 fully saturated rings. The van der Waals surface area contributed by atoms with Crippen LogP contribution in [0.25, 0.3) is 0 Å². The van der Waals surface area contributed by atoms with Gasteiger partial charge in [-0.05, 0) is 36.1 Å². The number of rotatable bonds is 6. The van der Waals surface area contributed by atoms with Crippen LogP contribution in [0.4, 0.5) is 0 Å². The molecule has 0 unspecified atom stereocenters. The van der Waals surface area contributed by atoms with Gasteiger partial charge in [-0.1, -0.05) is 34.1 Å². The fraction of sp³-hybridized carbons (Fsp3) is 0.429. The first-order chi connectivity index (χ1) is 13.7. The van der Waals surface area contributed by atoms with Crippen molar-refractivity contribution in [1.29, 1.82) is 0 Å². The van der Waals surface area contributed by atoms with Crippen molar-refractivity contribution in [3.8, 4) is 5.88 Å². The van der Waals surface area contributed by atoms with Crippen molar-refractivity contribution in [2.45, 2.75) is 32.0 Å². The molecule has 0 saturated carbocycles. The molecule has 0 spiro atoms. The number of hydrogen-bond acceptors (Lipinski definition) is 4. The predicted octanol–water partition coefficient (Wildman–Crippen LogP) is 3.18. The first-order valence-corrected chi connectivity index (χ1v) is 10.4. The summed E-state index contributed by atoms with van der Waals surface area (Å²) in [5, 5.41) is 6.92. The number of nitrogens with zero attached hydrogens (tertiary/aromatic N) is 3. The number of aromatic nitrogens is 1. The van der Waals surface area contributed by atoms with Crippen molar-refractivity contribution in [2.75, 3.05) is 27.2 Å². The lowest BCUT2D eigenvalue weighted by Gasteiger charge is -2.33. The summed E-state index contributed by atoms with van der Waals surface area (Å²) in [6.07, 6.45) is 4.04. The van der Waals surface area contributed by atoms with Crippen molar-refractivity contribution in [1.82, 2.24) is 20.5 Å². The summed E-state index contributed by atoms with van der Waals surface area (Å²) in [5.41, 5.74) is 2.45. The van der Waals surface area contributed by atoms with E-state index < -0.39 is 0 Å². The van der Waals surface area contributed by atoms with Gasteiger partial charge in [0.05, 0.1) is 7.11 Å². The van der Waals surface area contributed by atoms with Gasteiger partial charge in [-0.2, -0.15) is 0 Å².